The average molecular weight is 302 g/mol. The Morgan fingerprint density at radius 1 is 1.50 bits per heavy atom. The number of urea groups is 1. The van der Waals surface area contributed by atoms with Crippen LogP contribution in [-0.4, -0.2) is 70.9 Å². The van der Waals surface area contributed by atoms with E-state index in [1.807, 2.05) is 6.92 Å². The number of rotatable bonds is 3. The van der Waals surface area contributed by atoms with Gasteiger partial charge in [-0.3, -0.25) is 4.90 Å². The zero-order valence-corrected chi connectivity index (χ0v) is 12.8. The maximum Gasteiger partial charge on any atom is 0.327 e. The number of hydrogen-bond donors (Lipinski definition) is 1. The Kier molecular flexibility index (Phi) is 5.15. The number of aliphatic carboxylic acids is 1. The third-order valence-corrected chi connectivity index (χ3v) is 5.06. The molecule has 1 N–H and O–H groups in total. The molecule has 0 bridgehead atoms. The van der Waals surface area contributed by atoms with Crippen LogP contribution >= 0.6 is 11.8 Å². The smallest absolute Gasteiger partial charge is 0.327 e. The number of carbonyl (C=O) groups is 2. The lowest BCUT2D eigenvalue weighted by Gasteiger charge is -2.33. The van der Waals surface area contributed by atoms with E-state index in [9.17, 15) is 14.7 Å². The molecule has 2 aliphatic heterocycles. The molecule has 2 aliphatic rings. The van der Waals surface area contributed by atoms with E-state index in [1.165, 1.54) is 16.7 Å². The fourth-order valence-electron chi connectivity index (χ4n) is 2.74. The summed E-state index contributed by atoms with van der Waals surface area (Å²) < 4.78 is 5.42. The predicted molar refractivity (Wildman–Crippen MR) is 76.8 cm³/mol. The van der Waals surface area contributed by atoms with Gasteiger partial charge in [-0.15, -0.1) is 11.8 Å². The van der Waals surface area contributed by atoms with Crippen LogP contribution in [0.5, 0.6) is 0 Å². The molecule has 20 heavy (non-hydrogen) atoms. The minimum atomic E-state index is -0.926. The van der Waals surface area contributed by atoms with Gasteiger partial charge in [0.05, 0.1) is 12.0 Å². The van der Waals surface area contributed by atoms with Crippen LogP contribution in [0.25, 0.3) is 0 Å². The molecule has 0 aromatic heterocycles. The minimum Gasteiger partial charge on any atom is -0.480 e. The molecule has 0 aromatic carbocycles. The lowest BCUT2D eigenvalue weighted by Crippen LogP contribution is -2.51. The van der Waals surface area contributed by atoms with Crippen molar-refractivity contribution in [2.75, 3.05) is 32.6 Å². The molecule has 2 heterocycles. The molecule has 3 unspecified atom stereocenters. The maximum atomic E-state index is 12.5. The van der Waals surface area contributed by atoms with Crippen molar-refractivity contribution in [3.8, 4) is 0 Å². The highest BCUT2D eigenvalue weighted by atomic mass is 32.2. The standard InChI is InChI=1S/C13H22N2O4S/c1-9-15(11(8-20-9)12(16)17)13(18)14(2)6-10-4-3-5-19-7-10/h9-11H,3-8H2,1-2H3,(H,16,17). The van der Waals surface area contributed by atoms with Crippen molar-refractivity contribution in [2.24, 2.45) is 5.92 Å². The van der Waals surface area contributed by atoms with Gasteiger partial charge >= 0.3 is 12.0 Å². The van der Waals surface area contributed by atoms with Gasteiger partial charge in [-0.2, -0.15) is 0 Å². The quantitative estimate of drug-likeness (QED) is 0.851. The van der Waals surface area contributed by atoms with Crippen molar-refractivity contribution in [2.45, 2.75) is 31.2 Å². The molecular weight excluding hydrogens is 280 g/mol. The fourth-order valence-corrected chi connectivity index (χ4v) is 3.90. The number of hydrogen-bond acceptors (Lipinski definition) is 4. The average Bonchev–Trinajstić information content (AvgIpc) is 2.81. The van der Waals surface area contributed by atoms with E-state index in [4.69, 9.17) is 4.74 Å². The number of carbonyl (C=O) groups excluding carboxylic acids is 1. The van der Waals surface area contributed by atoms with Gasteiger partial charge in [0.1, 0.15) is 6.04 Å². The van der Waals surface area contributed by atoms with Crippen molar-refractivity contribution < 1.29 is 19.4 Å². The van der Waals surface area contributed by atoms with Gasteiger partial charge in [0, 0.05) is 31.9 Å². The summed E-state index contributed by atoms with van der Waals surface area (Å²) in [4.78, 5) is 26.8. The molecule has 0 spiro atoms. The Morgan fingerprint density at radius 2 is 2.25 bits per heavy atom. The number of amides is 2. The van der Waals surface area contributed by atoms with E-state index >= 15 is 0 Å². The normalized spacial score (nSPS) is 30.3. The molecule has 0 aromatic rings. The molecule has 0 saturated carbocycles. The Labute approximate surface area is 123 Å². The SMILES string of the molecule is CC1SCC(C(=O)O)N1C(=O)N(C)CC1CCCOC1. The Balaban J connectivity index is 1.95. The first kappa shape index (κ1) is 15.4. The van der Waals surface area contributed by atoms with E-state index in [2.05, 4.69) is 0 Å². The van der Waals surface area contributed by atoms with Crippen LogP contribution in [0, 0.1) is 5.92 Å². The van der Waals surface area contributed by atoms with Crippen LogP contribution < -0.4 is 0 Å². The van der Waals surface area contributed by atoms with Gasteiger partial charge in [0.2, 0.25) is 0 Å². The van der Waals surface area contributed by atoms with Crippen LogP contribution in [0.2, 0.25) is 0 Å². The van der Waals surface area contributed by atoms with Gasteiger partial charge in [-0.25, -0.2) is 9.59 Å². The summed E-state index contributed by atoms with van der Waals surface area (Å²) in [6.45, 7) is 3.99. The van der Waals surface area contributed by atoms with Crippen LogP contribution in [0.4, 0.5) is 4.79 Å². The largest absolute Gasteiger partial charge is 0.480 e. The summed E-state index contributed by atoms with van der Waals surface area (Å²) in [6.07, 6.45) is 2.09. The number of nitrogens with zero attached hydrogens (tertiary/aromatic N) is 2. The summed E-state index contributed by atoms with van der Waals surface area (Å²) >= 11 is 1.51. The summed E-state index contributed by atoms with van der Waals surface area (Å²) in [5, 5.41) is 9.12. The molecule has 114 valence electrons. The van der Waals surface area contributed by atoms with Gasteiger partial charge in [0.15, 0.2) is 0 Å². The summed E-state index contributed by atoms with van der Waals surface area (Å²) in [6, 6.07) is -0.909. The van der Waals surface area contributed by atoms with E-state index < -0.39 is 12.0 Å². The van der Waals surface area contributed by atoms with Crippen molar-refractivity contribution in [1.29, 1.82) is 0 Å². The minimum absolute atomic E-state index is 0.0892. The third-order valence-electron chi connectivity index (χ3n) is 3.84. The number of ether oxygens (including phenoxy) is 1. The zero-order chi connectivity index (χ0) is 14.7. The van der Waals surface area contributed by atoms with Crippen LogP contribution in [0.15, 0.2) is 0 Å². The molecule has 2 fully saturated rings. The molecule has 2 saturated heterocycles. The summed E-state index contributed by atoms with van der Waals surface area (Å²) in [7, 11) is 1.74. The Hall–Kier alpha value is -0.950. The number of thioether (sulfide) groups is 1. The molecular formula is C13H22N2O4S. The molecule has 2 amide bonds. The lowest BCUT2D eigenvalue weighted by molar-refractivity contribution is -0.141. The van der Waals surface area contributed by atoms with Gasteiger partial charge < -0.3 is 14.7 Å². The Bertz CT molecular complexity index is 373. The topological polar surface area (TPSA) is 70.1 Å². The third kappa shape index (κ3) is 3.38. The van der Waals surface area contributed by atoms with E-state index in [0.29, 0.717) is 24.8 Å². The summed E-state index contributed by atoms with van der Waals surface area (Å²) in [5.74, 6) is -0.112. The van der Waals surface area contributed by atoms with Gasteiger partial charge in [0.25, 0.3) is 0 Å². The predicted octanol–water partition coefficient (Wildman–Crippen LogP) is 1.31. The second kappa shape index (κ2) is 6.67. The first-order chi connectivity index (χ1) is 9.50. The van der Waals surface area contributed by atoms with Crippen LogP contribution in [0.1, 0.15) is 19.8 Å². The molecule has 7 heteroatoms. The van der Waals surface area contributed by atoms with E-state index in [0.717, 1.165) is 19.4 Å². The molecule has 0 radical (unpaired) electrons. The second-order valence-electron chi connectivity index (χ2n) is 5.44. The fraction of sp³-hybridized carbons (Fsp3) is 0.846. The van der Waals surface area contributed by atoms with Crippen molar-refractivity contribution in [3.63, 3.8) is 0 Å². The maximum absolute atomic E-state index is 12.5. The molecule has 3 atom stereocenters. The molecule has 0 aliphatic carbocycles. The number of carboxylic acid groups (broad SMARTS) is 1. The van der Waals surface area contributed by atoms with Crippen molar-refractivity contribution >= 4 is 23.8 Å². The zero-order valence-electron chi connectivity index (χ0n) is 11.9. The van der Waals surface area contributed by atoms with Gasteiger partial charge in [-0.1, -0.05) is 0 Å². The monoisotopic (exact) mass is 302 g/mol. The van der Waals surface area contributed by atoms with Crippen LogP contribution in [0.3, 0.4) is 0 Å². The van der Waals surface area contributed by atoms with Crippen LogP contribution in [-0.2, 0) is 9.53 Å². The number of carboxylic acids is 1. The highest BCUT2D eigenvalue weighted by Gasteiger charge is 2.40. The Morgan fingerprint density at radius 3 is 2.85 bits per heavy atom. The van der Waals surface area contributed by atoms with E-state index in [1.54, 1.807) is 11.9 Å². The van der Waals surface area contributed by atoms with Crippen molar-refractivity contribution in [1.82, 2.24) is 9.80 Å². The lowest BCUT2D eigenvalue weighted by atomic mass is 10.0. The van der Waals surface area contributed by atoms with Gasteiger partial charge in [-0.05, 0) is 19.8 Å². The first-order valence-electron chi connectivity index (χ1n) is 6.96. The highest BCUT2D eigenvalue weighted by molar-refractivity contribution is 8.00. The highest BCUT2D eigenvalue weighted by Crippen LogP contribution is 2.30. The second-order valence-corrected chi connectivity index (χ2v) is 6.79. The molecule has 6 nitrogen and oxygen atoms in total. The van der Waals surface area contributed by atoms with E-state index in [-0.39, 0.29) is 11.4 Å². The first-order valence-corrected chi connectivity index (χ1v) is 8.01. The molecule has 2 rings (SSSR count). The summed E-state index contributed by atoms with van der Waals surface area (Å²) in [5.41, 5.74) is 0. The van der Waals surface area contributed by atoms with Crippen molar-refractivity contribution in [3.05, 3.63) is 0 Å².